The molecule has 3 N–H and O–H groups in total. The van der Waals surface area contributed by atoms with E-state index in [1.807, 2.05) is 0 Å². The van der Waals surface area contributed by atoms with Crippen LogP contribution in [0.3, 0.4) is 0 Å². The zero-order chi connectivity index (χ0) is 16.4. The molecule has 7 nitrogen and oxygen atoms in total. The van der Waals surface area contributed by atoms with E-state index in [1.54, 1.807) is 6.92 Å². The van der Waals surface area contributed by atoms with Crippen LogP contribution in [0.2, 0.25) is 0 Å². The highest BCUT2D eigenvalue weighted by atomic mass is 35.5. The van der Waals surface area contributed by atoms with E-state index >= 15 is 0 Å². The summed E-state index contributed by atoms with van der Waals surface area (Å²) in [5, 5.41) is 13.8. The Balaban J connectivity index is 0.00000208. The first-order chi connectivity index (χ1) is 11.0. The summed E-state index contributed by atoms with van der Waals surface area (Å²) in [5.74, 6) is 0.107. The monoisotopic (exact) mass is 354 g/mol. The van der Waals surface area contributed by atoms with Crippen molar-refractivity contribution in [1.29, 1.82) is 0 Å². The molecule has 24 heavy (non-hydrogen) atoms. The van der Waals surface area contributed by atoms with Crippen molar-refractivity contribution in [3.63, 3.8) is 0 Å². The molecule has 0 spiro atoms. The molecule has 1 aromatic carbocycles. The molecule has 1 amide bonds. The van der Waals surface area contributed by atoms with Gasteiger partial charge in [-0.05, 0) is 54.3 Å². The third kappa shape index (κ3) is 3.88. The minimum Gasteiger partial charge on any atom is -0.327 e. The van der Waals surface area contributed by atoms with Gasteiger partial charge in [0.1, 0.15) is 11.5 Å². The van der Waals surface area contributed by atoms with Crippen molar-refractivity contribution >= 4 is 24.0 Å². The molecule has 1 aromatic heterocycles. The summed E-state index contributed by atoms with van der Waals surface area (Å²) < 4.78 is 15.3. The minimum atomic E-state index is -0.462. The maximum atomic E-state index is 14.0. The van der Waals surface area contributed by atoms with Gasteiger partial charge in [-0.15, -0.1) is 17.5 Å². The molecule has 3 rings (SSSR count). The van der Waals surface area contributed by atoms with E-state index < -0.39 is 5.82 Å². The lowest BCUT2D eigenvalue weighted by atomic mass is 10.00. The number of carbonyl (C=O) groups excluding carboxylic acids is 1. The molecule has 2 atom stereocenters. The number of benzene rings is 1. The Morgan fingerprint density at radius 1 is 1.46 bits per heavy atom. The third-order valence-electron chi connectivity index (χ3n) is 4.25. The van der Waals surface area contributed by atoms with Crippen molar-refractivity contribution < 1.29 is 9.18 Å². The fourth-order valence-corrected chi connectivity index (χ4v) is 2.98. The zero-order valence-corrected chi connectivity index (χ0v) is 14.1. The van der Waals surface area contributed by atoms with Crippen LogP contribution in [0.4, 0.5) is 10.1 Å². The van der Waals surface area contributed by atoms with Crippen LogP contribution >= 0.6 is 12.4 Å². The minimum absolute atomic E-state index is 0. The van der Waals surface area contributed by atoms with Crippen LogP contribution in [-0.4, -0.2) is 32.2 Å². The van der Waals surface area contributed by atoms with E-state index in [2.05, 4.69) is 20.8 Å². The number of anilines is 1. The van der Waals surface area contributed by atoms with E-state index in [1.165, 1.54) is 22.9 Å². The van der Waals surface area contributed by atoms with Gasteiger partial charge in [-0.25, -0.2) is 4.39 Å². The Hall–Kier alpha value is -2.06. The van der Waals surface area contributed by atoms with Crippen molar-refractivity contribution in [2.75, 3.05) is 5.32 Å². The van der Waals surface area contributed by atoms with Gasteiger partial charge in [0.2, 0.25) is 5.91 Å². The molecular weight excluding hydrogens is 335 g/mol. The van der Waals surface area contributed by atoms with Gasteiger partial charge < -0.3 is 11.1 Å². The standard InChI is InChI=1S/C15H19FN6O.ClH/c1-9-19-20-21-22(9)14-8-11(5-6-12(14)16)18-15(23)7-10-3-2-4-13(10)17;/h5-6,8,10,13H,2-4,7,17H2,1H3,(H,18,23);1H/t10-,13+;/m0./s1. The molecule has 1 aliphatic carbocycles. The van der Waals surface area contributed by atoms with Gasteiger partial charge in [0.25, 0.3) is 0 Å². The van der Waals surface area contributed by atoms with Crippen LogP contribution in [-0.2, 0) is 4.79 Å². The van der Waals surface area contributed by atoms with Crippen LogP contribution in [0, 0.1) is 18.7 Å². The number of aryl methyl sites for hydroxylation is 1. The van der Waals surface area contributed by atoms with Crippen molar-refractivity contribution in [2.45, 2.75) is 38.6 Å². The van der Waals surface area contributed by atoms with Crippen molar-refractivity contribution in [3.05, 3.63) is 29.8 Å². The fourth-order valence-electron chi connectivity index (χ4n) is 2.98. The van der Waals surface area contributed by atoms with Crippen molar-refractivity contribution in [3.8, 4) is 5.69 Å². The molecule has 1 aliphatic rings. The largest absolute Gasteiger partial charge is 0.327 e. The molecule has 1 saturated carbocycles. The quantitative estimate of drug-likeness (QED) is 0.874. The molecule has 130 valence electrons. The van der Waals surface area contributed by atoms with E-state index in [0.29, 0.717) is 17.9 Å². The van der Waals surface area contributed by atoms with Crippen molar-refractivity contribution in [1.82, 2.24) is 20.2 Å². The number of hydrogen-bond acceptors (Lipinski definition) is 5. The van der Waals surface area contributed by atoms with E-state index in [-0.39, 0.29) is 36.0 Å². The number of rotatable bonds is 4. The number of nitrogens with zero attached hydrogens (tertiary/aromatic N) is 4. The Kier molecular flexibility index (Phi) is 5.84. The molecule has 1 heterocycles. The summed E-state index contributed by atoms with van der Waals surface area (Å²) in [6.07, 6.45) is 3.40. The average molecular weight is 355 g/mol. The van der Waals surface area contributed by atoms with E-state index in [9.17, 15) is 9.18 Å². The maximum absolute atomic E-state index is 14.0. The van der Waals surface area contributed by atoms with E-state index in [4.69, 9.17) is 5.73 Å². The molecular formula is C15H20ClFN6O. The van der Waals surface area contributed by atoms with Gasteiger partial charge in [0, 0.05) is 18.2 Å². The van der Waals surface area contributed by atoms with Crippen LogP contribution in [0.15, 0.2) is 18.2 Å². The van der Waals surface area contributed by atoms with Crippen molar-refractivity contribution in [2.24, 2.45) is 11.7 Å². The molecule has 0 saturated heterocycles. The summed E-state index contributed by atoms with van der Waals surface area (Å²) in [4.78, 5) is 12.2. The summed E-state index contributed by atoms with van der Waals surface area (Å²) in [6.45, 7) is 1.67. The number of nitrogens with two attached hydrogens (primary N) is 1. The first-order valence-electron chi connectivity index (χ1n) is 7.65. The second-order valence-electron chi connectivity index (χ2n) is 5.91. The molecule has 0 aliphatic heterocycles. The lowest BCUT2D eigenvalue weighted by Crippen LogP contribution is -2.28. The average Bonchev–Trinajstić information content (AvgIpc) is 3.10. The number of halogens is 2. The first kappa shape index (κ1) is 18.3. The highest BCUT2D eigenvalue weighted by molar-refractivity contribution is 5.91. The summed E-state index contributed by atoms with van der Waals surface area (Å²) in [7, 11) is 0. The van der Waals surface area contributed by atoms with Gasteiger partial charge in [0.05, 0.1) is 0 Å². The normalized spacial score (nSPS) is 19.8. The highest BCUT2D eigenvalue weighted by Gasteiger charge is 2.26. The van der Waals surface area contributed by atoms with Crippen LogP contribution in [0.5, 0.6) is 0 Å². The predicted octanol–water partition coefficient (Wildman–Crippen LogP) is 1.99. The maximum Gasteiger partial charge on any atom is 0.224 e. The van der Waals surface area contributed by atoms with Gasteiger partial charge in [0.15, 0.2) is 5.82 Å². The fraction of sp³-hybridized carbons (Fsp3) is 0.467. The lowest BCUT2D eigenvalue weighted by molar-refractivity contribution is -0.117. The number of aromatic nitrogens is 4. The number of amides is 1. The summed E-state index contributed by atoms with van der Waals surface area (Å²) in [5.41, 5.74) is 6.69. The van der Waals surface area contributed by atoms with Gasteiger partial charge >= 0.3 is 0 Å². The second kappa shape index (κ2) is 7.67. The van der Waals surface area contributed by atoms with Crippen LogP contribution in [0.1, 0.15) is 31.5 Å². The van der Waals surface area contributed by atoms with Crippen LogP contribution in [0.25, 0.3) is 5.69 Å². The summed E-state index contributed by atoms with van der Waals surface area (Å²) in [6, 6.07) is 4.41. The predicted molar refractivity (Wildman–Crippen MR) is 89.7 cm³/mol. The van der Waals surface area contributed by atoms with Gasteiger partial charge in [-0.2, -0.15) is 4.68 Å². The highest BCUT2D eigenvalue weighted by Crippen LogP contribution is 2.27. The molecule has 0 unspecified atom stereocenters. The number of tetrazole rings is 1. The molecule has 0 radical (unpaired) electrons. The van der Waals surface area contributed by atoms with Crippen LogP contribution < -0.4 is 11.1 Å². The van der Waals surface area contributed by atoms with Gasteiger partial charge in [-0.1, -0.05) is 6.42 Å². The lowest BCUT2D eigenvalue weighted by Gasteiger charge is -2.15. The number of nitrogens with one attached hydrogen (secondary N) is 1. The number of carbonyl (C=O) groups is 1. The smallest absolute Gasteiger partial charge is 0.224 e. The molecule has 1 fully saturated rings. The summed E-state index contributed by atoms with van der Waals surface area (Å²) >= 11 is 0. The Morgan fingerprint density at radius 3 is 2.88 bits per heavy atom. The Bertz CT molecular complexity index is 722. The topological polar surface area (TPSA) is 98.7 Å². The first-order valence-corrected chi connectivity index (χ1v) is 7.65. The second-order valence-corrected chi connectivity index (χ2v) is 5.91. The molecule has 9 heteroatoms. The third-order valence-corrected chi connectivity index (χ3v) is 4.25. The number of hydrogen-bond donors (Lipinski definition) is 2. The SMILES string of the molecule is Cc1nnnn1-c1cc(NC(=O)C[C@@H]2CCC[C@H]2N)ccc1F.Cl. The molecule has 0 bridgehead atoms. The Morgan fingerprint density at radius 2 is 2.25 bits per heavy atom. The van der Waals surface area contributed by atoms with Gasteiger partial charge in [-0.3, -0.25) is 4.79 Å². The zero-order valence-electron chi connectivity index (χ0n) is 13.3. The Labute approximate surface area is 145 Å². The van der Waals surface area contributed by atoms with E-state index in [0.717, 1.165) is 19.3 Å². The molecule has 2 aromatic rings.